The maximum atomic E-state index is 11.8. The smallest absolute Gasteiger partial charge is 0.545 e. The molecule has 1 N–H and O–H groups in total. The second kappa shape index (κ2) is 9.95. The van der Waals surface area contributed by atoms with Crippen LogP contribution in [0, 0.1) is 0 Å². The minimum atomic E-state index is -1.25. The van der Waals surface area contributed by atoms with Crippen molar-refractivity contribution in [2.75, 3.05) is 12.0 Å². The summed E-state index contributed by atoms with van der Waals surface area (Å²) < 4.78 is 11.8. The van der Waals surface area contributed by atoms with Gasteiger partial charge in [0.2, 0.25) is 5.91 Å². The van der Waals surface area contributed by atoms with Crippen LogP contribution < -0.4 is 40.0 Å². The van der Waals surface area contributed by atoms with Gasteiger partial charge in [-0.1, -0.05) is 18.6 Å². The number of unbranched alkanes of at least 4 members (excludes halogenated alkanes) is 2. The molecule has 1 aromatic carbocycles. The molecule has 0 heterocycles. The van der Waals surface area contributed by atoms with E-state index in [0.29, 0.717) is 31.4 Å². The molecule has 0 fully saturated rings. The minimum Gasteiger partial charge on any atom is -0.545 e. The van der Waals surface area contributed by atoms with E-state index in [4.69, 9.17) is 0 Å². The molecule has 1 aromatic rings. The molecular formula is C13H15FNNaO3. The third kappa shape index (κ3) is 7.30. The third-order valence-corrected chi connectivity index (χ3v) is 2.44. The average Bonchev–Trinajstić information content (AvgIpc) is 2.35. The van der Waals surface area contributed by atoms with Crippen molar-refractivity contribution in [2.24, 2.45) is 0 Å². The van der Waals surface area contributed by atoms with E-state index in [-0.39, 0.29) is 47.7 Å². The first-order valence-corrected chi connectivity index (χ1v) is 5.80. The van der Waals surface area contributed by atoms with Gasteiger partial charge in [-0.05, 0) is 30.5 Å². The van der Waals surface area contributed by atoms with Gasteiger partial charge in [-0.2, -0.15) is 0 Å². The Morgan fingerprint density at radius 3 is 2.26 bits per heavy atom. The van der Waals surface area contributed by atoms with Gasteiger partial charge in [0, 0.05) is 12.1 Å². The van der Waals surface area contributed by atoms with E-state index < -0.39 is 5.97 Å². The maximum absolute atomic E-state index is 11.8. The Bertz CT molecular complexity index is 409. The van der Waals surface area contributed by atoms with Gasteiger partial charge < -0.3 is 15.2 Å². The summed E-state index contributed by atoms with van der Waals surface area (Å²) >= 11 is 0. The molecule has 0 unspecified atom stereocenters. The number of nitrogens with one attached hydrogen (secondary N) is 1. The van der Waals surface area contributed by atoms with E-state index in [2.05, 4.69) is 5.32 Å². The molecule has 0 spiro atoms. The van der Waals surface area contributed by atoms with Crippen LogP contribution in [0.25, 0.3) is 0 Å². The fraction of sp³-hybridized carbons (Fsp3) is 0.385. The van der Waals surface area contributed by atoms with Crippen molar-refractivity contribution in [2.45, 2.75) is 25.7 Å². The molecule has 1 amide bonds. The summed E-state index contributed by atoms with van der Waals surface area (Å²) in [6.45, 7) is -0.355. The molecule has 19 heavy (non-hydrogen) atoms. The van der Waals surface area contributed by atoms with Crippen LogP contribution in [0.3, 0.4) is 0 Å². The summed E-state index contributed by atoms with van der Waals surface area (Å²) in [6.07, 6.45) is 2.15. The zero-order valence-corrected chi connectivity index (χ0v) is 12.9. The molecule has 0 aliphatic carbocycles. The summed E-state index contributed by atoms with van der Waals surface area (Å²) in [5.41, 5.74) is 0.603. The van der Waals surface area contributed by atoms with Gasteiger partial charge in [-0.3, -0.25) is 9.18 Å². The molecule has 0 radical (unpaired) electrons. The largest absolute Gasteiger partial charge is 1.00 e. The van der Waals surface area contributed by atoms with Crippen LogP contribution in [-0.4, -0.2) is 18.6 Å². The van der Waals surface area contributed by atoms with Gasteiger partial charge in [0.25, 0.3) is 0 Å². The Morgan fingerprint density at radius 1 is 1.11 bits per heavy atom. The molecule has 1 rings (SSSR count). The number of alkyl halides is 1. The van der Waals surface area contributed by atoms with Crippen molar-refractivity contribution in [3.05, 3.63) is 29.8 Å². The van der Waals surface area contributed by atoms with Crippen LogP contribution in [0.1, 0.15) is 36.0 Å². The van der Waals surface area contributed by atoms with Crippen LogP contribution in [0.15, 0.2) is 24.3 Å². The Kier molecular flexibility index (Phi) is 9.47. The van der Waals surface area contributed by atoms with Crippen LogP contribution in [0.4, 0.5) is 10.1 Å². The minimum absolute atomic E-state index is 0. The number of amides is 1. The Labute approximate surface area is 133 Å². The number of carboxylic acid groups (broad SMARTS) is 1. The normalized spacial score (nSPS) is 9.53. The van der Waals surface area contributed by atoms with Crippen LogP contribution in [0.2, 0.25) is 0 Å². The van der Waals surface area contributed by atoms with E-state index >= 15 is 0 Å². The molecule has 0 aromatic heterocycles. The number of benzene rings is 1. The van der Waals surface area contributed by atoms with Crippen molar-refractivity contribution < 1.29 is 48.6 Å². The zero-order chi connectivity index (χ0) is 13.4. The summed E-state index contributed by atoms with van der Waals surface area (Å²) in [4.78, 5) is 22.0. The SMILES string of the molecule is O=C(CCCCCF)Nc1ccc(C(=O)[O-])cc1.[Na+]. The molecule has 0 atom stereocenters. The van der Waals surface area contributed by atoms with E-state index in [0.717, 1.165) is 0 Å². The van der Waals surface area contributed by atoms with E-state index in [9.17, 15) is 19.1 Å². The van der Waals surface area contributed by atoms with Crippen LogP contribution >= 0.6 is 0 Å². The van der Waals surface area contributed by atoms with Gasteiger partial charge in [0.1, 0.15) is 0 Å². The number of hydrogen-bond donors (Lipinski definition) is 1. The van der Waals surface area contributed by atoms with E-state index in [1.165, 1.54) is 24.3 Å². The number of carbonyl (C=O) groups is 2. The molecular weight excluding hydrogens is 260 g/mol. The number of anilines is 1. The van der Waals surface area contributed by atoms with E-state index in [1.807, 2.05) is 0 Å². The van der Waals surface area contributed by atoms with Gasteiger partial charge in [-0.15, -0.1) is 0 Å². The van der Waals surface area contributed by atoms with Crippen molar-refractivity contribution in [3.8, 4) is 0 Å². The quantitative estimate of drug-likeness (QED) is 0.487. The number of carbonyl (C=O) groups excluding carboxylic acids is 2. The number of aromatic carboxylic acids is 1. The molecule has 0 aliphatic heterocycles. The molecule has 6 heteroatoms. The first-order valence-electron chi connectivity index (χ1n) is 5.80. The van der Waals surface area contributed by atoms with Gasteiger partial charge in [-0.25, -0.2) is 0 Å². The van der Waals surface area contributed by atoms with Crippen molar-refractivity contribution in [3.63, 3.8) is 0 Å². The number of carboxylic acids is 1. The van der Waals surface area contributed by atoms with Gasteiger partial charge >= 0.3 is 29.6 Å². The third-order valence-electron chi connectivity index (χ3n) is 2.44. The second-order valence-corrected chi connectivity index (χ2v) is 3.91. The van der Waals surface area contributed by atoms with Crippen molar-refractivity contribution in [1.82, 2.24) is 0 Å². The second-order valence-electron chi connectivity index (χ2n) is 3.91. The van der Waals surface area contributed by atoms with Crippen LogP contribution in [-0.2, 0) is 4.79 Å². The zero-order valence-electron chi connectivity index (χ0n) is 10.9. The summed E-state index contributed by atoms with van der Waals surface area (Å²) in [7, 11) is 0. The molecule has 98 valence electrons. The van der Waals surface area contributed by atoms with Crippen LogP contribution in [0.5, 0.6) is 0 Å². The number of halogens is 1. The topological polar surface area (TPSA) is 69.2 Å². The summed E-state index contributed by atoms with van der Waals surface area (Å²) in [6, 6.07) is 5.75. The molecule has 4 nitrogen and oxygen atoms in total. The Morgan fingerprint density at radius 2 is 1.74 bits per heavy atom. The summed E-state index contributed by atoms with van der Waals surface area (Å²) in [5.74, 6) is -1.41. The van der Waals surface area contributed by atoms with Gasteiger partial charge in [0.05, 0.1) is 12.6 Å². The predicted molar refractivity (Wildman–Crippen MR) is 63.8 cm³/mol. The average molecular weight is 275 g/mol. The molecule has 0 saturated carbocycles. The molecule has 0 saturated heterocycles. The first kappa shape index (κ1) is 18.1. The monoisotopic (exact) mass is 275 g/mol. The van der Waals surface area contributed by atoms with Crippen molar-refractivity contribution in [1.29, 1.82) is 0 Å². The van der Waals surface area contributed by atoms with Crippen molar-refractivity contribution >= 4 is 17.6 Å². The standard InChI is InChI=1S/C13H16FNO3.Na/c14-9-3-1-2-4-12(16)15-11-7-5-10(6-8-11)13(17)18;/h5-8H,1-4,9H2,(H,15,16)(H,17,18);/q;+1/p-1. The molecule has 0 aliphatic rings. The molecule has 0 bridgehead atoms. The predicted octanol–water partition coefficient (Wildman–Crippen LogP) is -1.48. The van der Waals surface area contributed by atoms with E-state index in [1.54, 1.807) is 0 Å². The Balaban J connectivity index is 0.00000324. The first-order chi connectivity index (χ1) is 8.63. The number of rotatable bonds is 7. The maximum Gasteiger partial charge on any atom is 1.00 e. The fourth-order valence-corrected chi connectivity index (χ4v) is 1.47. The fourth-order valence-electron chi connectivity index (χ4n) is 1.47. The Hall–Kier alpha value is -0.910. The van der Waals surface area contributed by atoms with Gasteiger partial charge in [0.15, 0.2) is 0 Å². The number of hydrogen-bond acceptors (Lipinski definition) is 3. The summed E-state index contributed by atoms with van der Waals surface area (Å²) in [5, 5.41) is 13.1.